The van der Waals surface area contributed by atoms with E-state index in [1.54, 1.807) is 62.4 Å². The molecule has 1 aromatic heterocycles. The lowest BCUT2D eigenvalue weighted by molar-refractivity contribution is -0.132. The third-order valence-electron chi connectivity index (χ3n) is 6.68. The molecule has 1 atom stereocenters. The van der Waals surface area contributed by atoms with E-state index in [2.05, 4.69) is 4.98 Å². The minimum Gasteiger partial charge on any atom is -0.507 e. The lowest BCUT2D eigenvalue weighted by Gasteiger charge is -2.23. The topological polar surface area (TPSA) is 106 Å². The fraction of sp³-hybridized carbons (Fsp3) is 0.188. The first-order chi connectivity index (χ1) is 20.2. The lowest BCUT2D eigenvalue weighted by Crippen LogP contribution is -2.29. The van der Waals surface area contributed by atoms with Crippen LogP contribution in [0.3, 0.4) is 0 Å². The number of halogens is 1. The van der Waals surface area contributed by atoms with Crippen LogP contribution in [0.2, 0.25) is 5.02 Å². The zero-order chi connectivity index (χ0) is 30.0. The number of benzene rings is 3. The number of Topliss-reactive ketones (excluding diaryl/α,β-unsaturated/α-hetero) is 1. The molecular weight excluding hydrogens is 576 g/mol. The van der Waals surface area contributed by atoms with Crippen LogP contribution in [0.4, 0.5) is 5.13 Å². The van der Waals surface area contributed by atoms with Crippen molar-refractivity contribution >= 4 is 51.5 Å². The molecule has 1 aliphatic rings. The third-order valence-corrected chi connectivity index (χ3v) is 8.05. The number of rotatable bonds is 8. The summed E-state index contributed by atoms with van der Waals surface area (Å²) in [5.41, 5.74) is 3.21. The quantitative estimate of drug-likeness (QED) is 0.102. The van der Waals surface area contributed by atoms with Gasteiger partial charge >= 0.3 is 11.9 Å². The van der Waals surface area contributed by atoms with Crippen LogP contribution in [0, 0.1) is 13.8 Å². The summed E-state index contributed by atoms with van der Waals surface area (Å²) in [4.78, 5) is 45.2. The molecule has 1 unspecified atom stereocenters. The number of nitrogens with zero attached hydrogens (tertiary/aromatic N) is 2. The largest absolute Gasteiger partial charge is 0.507 e. The van der Waals surface area contributed by atoms with E-state index in [1.807, 2.05) is 31.2 Å². The number of esters is 1. The summed E-state index contributed by atoms with van der Waals surface area (Å²) in [6.45, 7) is 5.87. The maximum absolute atomic E-state index is 13.5. The summed E-state index contributed by atoms with van der Waals surface area (Å²) in [6, 6.07) is 20.2. The van der Waals surface area contributed by atoms with Gasteiger partial charge in [0, 0.05) is 10.6 Å². The molecule has 0 bridgehead atoms. The molecule has 1 saturated heterocycles. The molecule has 42 heavy (non-hydrogen) atoms. The molecule has 10 heteroatoms. The molecule has 8 nitrogen and oxygen atoms in total. The van der Waals surface area contributed by atoms with Crippen molar-refractivity contribution in [3.63, 3.8) is 0 Å². The minimum absolute atomic E-state index is 0.124. The van der Waals surface area contributed by atoms with E-state index >= 15 is 0 Å². The number of carbonyl (C=O) groups is 3. The standard InChI is InChI=1S/C32H27ClN2O6S/c1-4-40-31(39)29-19(3)34-32(42-29)35-26(22-9-6-10-23(33)16-22)25(28(37)30(35)38)27(36)21-11-13-24(14-12-21)41-17-20-8-5-7-18(2)15-20/h5-16,26,36H,4,17H2,1-3H3/b27-25+. The zero-order valence-electron chi connectivity index (χ0n) is 23.1. The van der Waals surface area contributed by atoms with Gasteiger partial charge in [0.05, 0.1) is 23.9 Å². The van der Waals surface area contributed by atoms with E-state index < -0.39 is 23.7 Å². The summed E-state index contributed by atoms with van der Waals surface area (Å²) < 4.78 is 11.0. The Labute approximate surface area is 251 Å². The molecule has 1 amide bonds. The second kappa shape index (κ2) is 12.2. The van der Waals surface area contributed by atoms with Gasteiger partial charge < -0.3 is 14.6 Å². The van der Waals surface area contributed by atoms with Gasteiger partial charge in [-0.1, -0.05) is 64.9 Å². The summed E-state index contributed by atoms with van der Waals surface area (Å²) in [7, 11) is 0. The number of aromatic nitrogens is 1. The van der Waals surface area contributed by atoms with E-state index in [4.69, 9.17) is 21.1 Å². The molecule has 0 spiro atoms. The van der Waals surface area contributed by atoms with Crippen LogP contribution in [-0.4, -0.2) is 34.4 Å². The van der Waals surface area contributed by atoms with Gasteiger partial charge in [0.25, 0.3) is 5.78 Å². The highest BCUT2D eigenvalue weighted by Gasteiger charge is 2.48. The van der Waals surface area contributed by atoms with Crippen LogP contribution in [0.1, 0.15) is 50.6 Å². The molecule has 0 saturated carbocycles. The monoisotopic (exact) mass is 602 g/mol. The van der Waals surface area contributed by atoms with Crippen molar-refractivity contribution in [2.75, 3.05) is 11.5 Å². The van der Waals surface area contributed by atoms with Gasteiger partial charge in [0.1, 0.15) is 23.0 Å². The van der Waals surface area contributed by atoms with Gasteiger partial charge in [-0.2, -0.15) is 0 Å². The Hall–Kier alpha value is -4.47. The van der Waals surface area contributed by atoms with Gasteiger partial charge in [-0.3, -0.25) is 14.5 Å². The molecule has 5 rings (SSSR count). The molecule has 0 radical (unpaired) electrons. The predicted molar refractivity (Wildman–Crippen MR) is 161 cm³/mol. The van der Waals surface area contributed by atoms with E-state index in [1.165, 1.54) is 4.90 Å². The van der Waals surface area contributed by atoms with E-state index in [0.29, 0.717) is 34.2 Å². The molecular formula is C32H27ClN2O6S. The molecule has 1 N–H and O–H groups in total. The zero-order valence-corrected chi connectivity index (χ0v) is 24.7. The maximum atomic E-state index is 13.5. The Kier molecular flexibility index (Phi) is 8.42. The Balaban J connectivity index is 1.52. The number of hydrogen-bond acceptors (Lipinski definition) is 8. The maximum Gasteiger partial charge on any atom is 0.350 e. The Morgan fingerprint density at radius 1 is 1.05 bits per heavy atom. The molecule has 4 aromatic rings. The van der Waals surface area contributed by atoms with Crippen molar-refractivity contribution in [3.05, 3.63) is 116 Å². The second-order valence-corrected chi connectivity index (χ2v) is 11.1. The summed E-state index contributed by atoms with van der Waals surface area (Å²) >= 11 is 7.23. The van der Waals surface area contributed by atoms with Crippen molar-refractivity contribution in [3.8, 4) is 5.75 Å². The first kappa shape index (κ1) is 29.0. The van der Waals surface area contributed by atoms with E-state index in [0.717, 1.165) is 22.5 Å². The van der Waals surface area contributed by atoms with Crippen molar-refractivity contribution in [2.24, 2.45) is 0 Å². The highest BCUT2D eigenvalue weighted by atomic mass is 35.5. The molecule has 3 aromatic carbocycles. The smallest absolute Gasteiger partial charge is 0.350 e. The Morgan fingerprint density at radius 3 is 2.48 bits per heavy atom. The normalized spacial score (nSPS) is 16.1. The van der Waals surface area contributed by atoms with Crippen LogP contribution in [0.25, 0.3) is 5.76 Å². The summed E-state index contributed by atoms with van der Waals surface area (Å²) in [6.07, 6.45) is 0. The number of ketones is 1. The third kappa shape index (κ3) is 5.79. The van der Waals surface area contributed by atoms with E-state index in [-0.39, 0.29) is 27.9 Å². The summed E-state index contributed by atoms with van der Waals surface area (Å²) in [5, 5.41) is 11.9. The SMILES string of the molecule is CCOC(=O)c1sc(N2C(=O)C(=O)/C(=C(/O)c3ccc(OCc4cccc(C)c4)cc3)C2c2cccc(Cl)c2)nc1C. The molecule has 2 heterocycles. The second-order valence-electron chi connectivity index (χ2n) is 9.66. The van der Waals surface area contributed by atoms with Gasteiger partial charge in [0.15, 0.2) is 5.13 Å². The number of thiazole rings is 1. The van der Waals surface area contributed by atoms with Crippen LogP contribution >= 0.6 is 22.9 Å². The average Bonchev–Trinajstić information content (AvgIpc) is 3.48. The average molecular weight is 603 g/mol. The predicted octanol–water partition coefficient (Wildman–Crippen LogP) is 6.80. The van der Waals surface area contributed by atoms with Gasteiger partial charge in [-0.15, -0.1) is 0 Å². The number of aliphatic hydroxyl groups excluding tert-OH is 1. The number of anilines is 1. The minimum atomic E-state index is -1.04. The number of carbonyl (C=O) groups excluding carboxylic acids is 3. The van der Waals surface area contributed by atoms with E-state index in [9.17, 15) is 19.5 Å². The Bertz CT molecular complexity index is 1710. The molecule has 1 aliphatic heterocycles. The van der Waals surface area contributed by atoms with Crippen molar-refractivity contribution in [2.45, 2.75) is 33.4 Å². The molecule has 214 valence electrons. The fourth-order valence-electron chi connectivity index (χ4n) is 4.73. The highest BCUT2D eigenvalue weighted by Crippen LogP contribution is 2.44. The van der Waals surface area contributed by atoms with Crippen molar-refractivity contribution < 1.29 is 29.0 Å². The van der Waals surface area contributed by atoms with Gasteiger partial charge in [0.2, 0.25) is 0 Å². The molecule has 0 aliphatic carbocycles. The van der Waals surface area contributed by atoms with Crippen LogP contribution < -0.4 is 9.64 Å². The number of ether oxygens (including phenoxy) is 2. The van der Waals surface area contributed by atoms with Crippen LogP contribution in [0.5, 0.6) is 5.75 Å². The molecule has 1 fully saturated rings. The highest BCUT2D eigenvalue weighted by molar-refractivity contribution is 7.17. The van der Waals surface area contributed by atoms with Crippen molar-refractivity contribution in [1.29, 1.82) is 0 Å². The van der Waals surface area contributed by atoms with Gasteiger partial charge in [-0.05, 0) is 68.3 Å². The Morgan fingerprint density at radius 2 is 1.79 bits per heavy atom. The number of aliphatic hydroxyl groups is 1. The fourth-order valence-corrected chi connectivity index (χ4v) is 5.91. The van der Waals surface area contributed by atoms with Gasteiger partial charge in [-0.25, -0.2) is 9.78 Å². The lowest BCUT2D eigenvalue weighted by atomic mass is 9.95. The first-order valence-electron chi connectivity index (χ1n) is 13.2. The first-order valence-corrected chi connectivity index (χ1v) is 14.4. The van der Waals surface area contributed by atoms with Crippen LogP contribution in [-0.2, 0) is 20.9 Å². The summed E-state index contributed by atoms with van der Waals surface area (Å²) in [5.74, 6) is -2.12. The van der Waals surface area contributed by atoms with Crippen LogP contribution in [0.15, 0.2) is 78.4 Å². The number of aryl methyl sites for hydroxylation is 2. The van der Waals surface area contributed by atoms with Crippen molar-refractivity contribution in [1.82, 2.24) is 4.98 Å². The number of amides is 1. The number of hydrogen-bond donors (Lipinski definition) is 1.